The molecule has 0 aliphatic carbocycles. The maximum atomic E-state index is 11.5. The van der Waals surface area contributed by atoms with Gasteiger partial charge in [0.05, 0.1) is 13.0 Å². The molecule has 0 radical (unpaired) electrons. The van der Waals surface area contributed by atoms with E-state index in [0.29, 0.717) is 6.54 Å². The number of rotatable bonds is 4. The van der Waals surface area contributed by atoms with Gasteiger partial charge in [-0.3, -0.25) is 4.79 Å². The van der Waals surface area contributed by atoms with Crippen LogP contribution in [0, 0.1) is 5.92 Å². The van der Waals surface area contributed by atoms with Crippen molar-refractivity contribution in [3.8, 4) is 0 Å². The molecule has 5 nitrogen and oxygen atoms in total. The molecule has 1 unspecified atom stereocenters. The molecule has 1 saturated heterocycles. The Morgan fingerprint density at radius 3 is 3.11 bits per heavy atom. The molecule has 0 N–H and O–H groups in total. The molecular formula is C13H19N3O2. The quantitative estimate of drug-likeness (QED) is 0.755. The van der Waals surface area contributed by atoms with Crippen LogP contribution in [0.5, 0.6) is 0 Å². The molecule has 2 heterocycles. The van der Waals surface area contributed by atoms with E-state index < -0.39 is 0 Å². The molecule has 1 aliphatic heterocycles. The van der Waals surface area contributed by atoms with Crippen molar-refractivity contribution in [2.75, 3.05) is 25.1 Å². The van der Waals surface area contributed by atoms with Gasteiger partial charge in [0.1, 0.15) is 12.1 Å². The highest BCUT2D eigenvalue weighted by molar-refractivity contribution is 5.74. The molecule has 18 heavy (non-hydrogen) atoms. The fraction of sp³-hybridized carbons (Fsp3) is 0.615. The van der Waals surface area contributed by atoms with Crippen LogP contribution < -0.4 is 4.90 Å². The highest BCUT2D eigenvalue weighted by Gasteiger charge is 2.29. The molecule has 2 rings (SSSR count). The molecular weight excluding hydrogens is 230 g/mol. The molecule has 0 amide bonds. The Bertz CT molecular complexity index is 422. The first-order valence-corrected chi connectivity index (χ1v) is 6.38. The minimum absolute atomic E-state index is 0.0282. The zero-order valence-electron chi connectivity index (χ0n) is 10.9. The van der Waals surface area contributed by atoms with Crippen LogP contribution in [0.4, 0.5) is 5.82 Å². The molecule has 0 saturated carbocycles. The van der Waals surface area contributed by atoms with E-state index in [2.05, 4.69) is 21.8 Å². The molecule has 1 aliphatic rings. The van der Waals surface area contributed by atoms with Gasteiger partial charge in [-0.05, 0) is 12.8 Å². The predicted octanol–water partition coefficient (Wildman–Crippen LogP) is 1.43. The summed E-state index contributed by atoms with van der Waals surface area (Å²) < 4.78 is 4.78. The van der Waals surface area contributed by atoms with E-state index in [0.717, 1.165) is 37.3 Å². The summed E-state index contributed by atoms with van der Waals surface area (Å²) in [6, 6.07) is 2.02. The Balaban J connectivity index is 2.04. The van der Waals surface area contributed by atoms with Gasteiger partial charge in [0.25, 0.3) is 0 Å². The monoisotopic (exact) mass is 249 g/mol. The first kappa shape index (κ1) is 12.8. The number of aryl methyl sites for hydroxylation is 1. The summed E-state index contributed by atoms with van der Waals surface area (Å²) in [6.07, 6.45) is 4.47. The lowest BCUT2D eigenvalue weighted by Crippen LogP contribution is -2.24. The van der Waals surface area contributed by atoms with Gasteiger partial charge in [-0.1, -0.05) is 13.3 Å². The van der Waals surface area contributed by atoms with Gasteiger partial charge in [-0.15, -0.1) is 0 Å². The zero-order chi connectivity index (χ0) is 13.0. The summed E-state index contributed by atoms with van der Waals surface area (Å²) in [5, 5.41) is 0. The number of carbonyl (C=O) groups is 1. The van der Waals surface area contributed by atoms with Gasteiger partial charge in [-0.2, -0.15) is 0 Å². The fourth-order valence-corrected chi connectivity index (χ4v) is 2.28. The number of esters is 1. The number of ether oxygens (including phenoxy) is 1. The van der Waals surface area contributed by atoms with Crippen molar-refractivity contribution in [3.05, 3.63) is 18.1 Å². The lowest BCUT2D eigenvalue weighted by molar-refractivity contribution is -0.144. The minimum atomic E-state index is -0.125. The van der Waals surface area contributed by atoms with Crippen molar-refractivity contribution < 1.29 is 9.53 Å². The predicted molar refractivity (Wildman–Crippen MR) is 68.4 cm³/mol. The molecule has 1 aromatic heterocycles. The van der Waals surface area contributed by atoms with Crippen LogP contribution in [-0.4, -0.2) is 36.1 Å². The van der Waals surface area contributed by atoms with Crippen LogP contribution in [0.25, 0.3) is 0 Å². The number of methoxy groups -OCH3 is 1. The Morgan fingerprint density at radius 2 is 2.39 bits per heavy atom. The standard InChI is InChI=1S/C13H19N3O2/c1-3-4-11-7-12(15-9-14-11)16-6-5-10(8-16)13(17)18-2/h7,9-10H,3-6,8H2,1-2H3. The third-order valence-electron chi connectivity index (χ3n) is 3.26. The SMILES string of the molecule is CCCc1cc(N2CCC(C(=O)OC)C2)ncn1. The third kappa shape index (κ3) is 2.78. The van der Waals surface area contributed by atoms with Crippen molar-refractivity contribution in [1.82, 2.24) is 9.97 Å². The van der Waals surface area contributed by atoms with Crippen LogP contribution in [0.3, 0.4) is 0 Å². The average molecular weight is 249 g/mol. The highest BCUT2D eigenvalue weighted by Crippen LogP contribution is 2.23. The second-order valence-electron chi connectivity index (χ2n) is 4.57. The first-order chi connectivity index (χ1) is 8.74. The fourth-order valence-electron chi connectivity index (χ4n) is 2.28. The number of hydrogen-bond acceptors (Lipinski definition) is 5. The molecule has 0 bridgehead atoms. The summed E-state index contributed by atoms with van der Waals surface area (Å²) >= 11 is 0. The Hall–Kier alpha value is -1.65. The van der Waals surface area contributed by atoms with Crippen molar-refractivity contribution in [2.45, 2.75) is 26.2 Å². The van der Waals surface area contributed by atoms with Gasteiger partial charge in [0, 0.05) is 24.8 Å². The maximum absolute atomic E-state index is 11.5. The van der Waals surface area contributed by atoms with Gasteiger partial charge in [0.2, 0.25) is 0 Å². The van der Waals surface area contributed by atoms with Crippen LogP contribution in [-0.2, 0) is 16.0 Å². The lowest BCUT2D eigenvalue weighted by atomic mass is 10.1. The maximum Gasteiger partial charge on any atom is 0.310 e. The molecule has 0 aromatic carbocycles. The van der Waals surface area contributed by atoms with Crippen LogP contribution >= 0.6 is 0 Å². The average Bonchev–Trinajstić information content (AvgIpc) is 2.88. The summed E-state index contributed by atoms with van der Waals surface area (Å²) in [4.78, 5) is 22.1. The molecule has 5 heteroatoms. The van der Waals surface area contributed by atoms with E-state index >= 15 is 0 Å². The van der Waals surface area contributed by atoms with Gasteiger partial charge >= 0.3 is 5.97 Å². The summed E-state index contributed by atoms with van der Waals surface area (Å²) in [7, 11) is 1.44. The number of nitrogens with zero attached hydrogens (tertiary/aromatic N) is 3. The van der Waals surface area contributed by atoms with Gasteiger partial charge in [0.15, 0.2) is 0 Å². The summed E-state index contributed by atoms with van der Waals surface area (Å²) in [6.45, 7) is 3.67. The lowest BCUT2D eigenvalue weighted by Gasteiger charge is -2.17. The van der Waals surface area contributed by atoms with Gasteiger partial charge < -0.3 is 9.64 Å². The first-order valence-electron chi connectivity index (χ1n) is 6.38. The number of aromatic nitrogens is 2. The third-order valence-corrected chi connectivity index (χ3v) is 3.26. The summed E-state index contributed by atoms with van der Waals surface area (Å²) in [5.41, 5.74) is 1.06. The second-order valence-corrected chi connectivity index (χ2v) is 4.57. The summed E-state index contributed by atoms with van der Waals surface area (Å²) in [5.74, 6) is 0.764. The van der Waals surface area contributed by atoms with E-state index in [1.54, 1.807) is 6.33 Å². The van der Waals surface area contributed by atoms with Crippen LogP contribution in [0.2, 0.25) is 0 Å². The number of hydrogen-bond donors (Lipinski definition) is 0. The van der Waals surface area contributed by atoms with Crippen LogP contribution in [0.15, 0.2) is 12.4 Å². The van der Waals surface area contributed by atoms with Crippen LogP contribution in [0.1, 0.15) is 25.5 Å². The molecule has 1 aromatic rings. The van der Waals surface area contributed by atoms with Crippen molar-refractivity contribution in [3.63, 3.8) is 0 Å². The second kappa shape index (κ2) is 5.80. The van der Waals surface area contributed by atoms with Crippen molar-refractivity contribution in [2.24, 2.45) is 5.92 Å². The van der Waals surface area contributed by atoms with E-state index in [-0.39, 0.29) is 11.9 Å². The highest BCUT2D eigenvalue weighted by atomic mass is 16.5. The zero-order valence-corrected chi connectivity index (χ0v) is 10.9. The van der Waals surface area contributed by atoms with E-state index in [9.17, 15) is 4.79 Å². The molecule has 1 atom stereocenters. The normalized spacial score (nSPS) is 19.0. The molecule has 0 spiro atoms. The van der Waals surface area contributed by atoms with E-state index in [1.165, 1.54) is 7.11 Å². The van der Waals surface area contributed by atoms with E-state index in [4.69, 9.17) is 4.74 Å². The van der Waals surface area contributed by atoms with Crippen molar-refractivity contribution in [1.29, 1.82) is 0 Å². The Kier molecular flexibility index (Phi) is 4.12. The Labute approximate surface area is 107 Å². The molecule has 1 fully saturated rings. The van der Waals surface area contributed by atoms with Crippen molar-refractivity contribution >= 4 is 11.8 Å². The number of carbonyl (C=O) groups excluding carboxylic acids is 1. The number of anilines is 1. The molecule has 98 valence electrons. The smallest absolute Gasteiger partial charge is 0.310 e. The topological polar surface area (TPSA) is 55.3 Å². The Morgan fingerprint density at radius 1 is 1.56 bits per heavy atom. The van der Waals surface area contributed by atoms with Gasteiger partial charge in [-0.25, -0.2) is 9.97 Å². The largest absolute Gasteiger partial charge is 0.469 e. The minimum Gasteiger partial charge on any atom is -0.469 e. The van der Waals surface area contributed by atoms with E-state index in [1.807, 2.05) is 6.07 Å².